The minimum Gasteiger partial charge on any atom is -0.480 e. The van der Waals surface area contributed by atoms with E-state index in [0.717, 1.165) is 32.1 Å². The Morgan fingerprint density at radius 1 is 0.980 bits per heavy atom. The Labute approximate surface area is 299 Å². The third kappa shape index (κ3) is 4.93. The maximum absolute atomic E-state index is 12.6. The van der Waals surface area contributed by atoms with Gasteiger partial charge in [-0.2, -0.15) is 0 Å². The quantitative estimate of drug-likeness (QED) is 0.296. The summed E-state index contributed by atoms with van der Waals surface area (Å²) in [4.78, 5) is 26.1. The smallest absolute Gasteiger partial charge is 0.323 e. The lowest BCUT2D eigenvalue weighted by Crippen LogP contribution is -2.61. The van der Waals surface area contributed by atoms with Crippen molar-refractivity contribution >= 4 is 11.9 Å². The molecule has 7 aliphatic rings. The third-order valence-corrected chi connectivity index (χ3v) is 16.8. The summed E-state index contributed by atoms with van der Waals surface area (Å²) in [6, 6.07) is 0. The molecule has 10 nitrogen and oxygen atoms in total. The summed E-state index contributed by atoms with van der Waals surface area (Å²) >= 11 is 0. The van der Waals surface area contributed by atoms with E-state index < -0.39 is 47.7 Å². The zero-order valence-electron chi connectivity index (χ0n) is 32.3. The number of aliphatic hydroxyl groups excluding tert-OH is 1. The van der Waals surface area contributed by atoms with Gasteiger partial charge in [-0.05, 0) is 124 Å². The van der Waals surface area contributed by atoms with Crippen LogP contribution in [0, 0.1) is 50.7 Å². The van der Waals surface area contributed by atoms with E-state index in [1.807, 2.05) is 4.90 Å². The van der Waals surface area contributed by atoms with Crippen molar-refractivity contribution < 1.29 is 43.9 Å². The van der Waals surface area contributed by atoms with Crippen molar-refractivity contribution in [1.29, 1.82) is 0 Å². The van der Waals surface area contributed by atoms with Crippen LogP contribution in [0.25, 0.3) is 0 Å². The molecule has 0 amide bonds. The highest BCUT2D eigenvalue weighted by Crippen LogP contribution is 2.89. The number of carboxylic acids is 1. The molecule has 0 radical (unpaired) electrons. The molecule has 2 saturated heterocycles. The number of hydrogen-bond acceptors (Lipinski definition) is 9. The van der Waals surface area contributed by atoms with Gasteiger partial charge in [-0.1, -0.05) is 34.6 Å². The first kappa shape index (κ1) is 37.0. The molecular formula is C40H65NO9. The number of nitrogens with zero attached hydrogens (tertiary/aromatic N) is 1. The Kier molecular flexibility index (Phi) is 8.59. The third-order valence-electron chi connectivity index (χ3n) is 16.8. The number of carboxylic acid groups (broad SMARTS) is 1. The number of carbonyl (C=O) groups excluding carboxylic acids is 1. The maximum Gasteiger partial charge on any atom is 0.323 e. The van der Waals surface area contributed by atoms with Crippen molar-refractivity contribution in [2.24, 2.45) is 50.7 Å². The number of hydrogen-bond donors (Lipinski definition) is 3. The summed E-state index contributed by atoms with van der Waals surface area (Å²) in [7, 11) is 0. The number of aliphatic hydroxyl groups is 2. The number of carbonyl (C=O) groups is 2. The molecule has 5 aliphatic carbocycles. The van der Waals surface area contributed by atoms with Gasteiger partial charge in [0.25, 0.3) is 0 Å². The van der Waals surface area contributed by atoms with Gasteiger partial charge in [-0.25, -0.2) is 0 Å². The minimum absolute atomic E-state index is 0.0294. The molecule has 50 heavy (non-hydrogen) atoms. The fraction of sp³-hybridized carbons (Fsp3) is 0.950. The van der Waals surface area contributed by atoms with Crippen LogP contribution in [-0.4, -0.2) is 99.8 Å². The van der Waals surface area contributed by atoms with Crippen LogP contribution >= 0.6 is 0 Å². The van der Waals surface area contributed by atoms with Gasteiger partial charge in [0.05, 0.1) is 43.2 Å². The number of esters is 1. The first-order chi connectivity index (χ1) is 23.1. The summed E-state index contributed by atoms with van der Waals surface area (Å²) in [5, 5.41) is 33.5. The van der Waals surface area contributed by atoms with Crippen LogP contribution in [0.15, 0.2) is 0 Å². The molecule has 2 aliphatic heterocycles. The monoisotopic (exact) mass is 703 g/mol. The van der Waals surface area contributed by atoms with Crippen LogP contribution in [0.4, 0.5) is 0 Å². The molecule has 0 aromatic heterocycles. The van der Waals surface area contributed by atoms with Crippen molar-refractivity contribution in [2.75, 3.05) is 19.7 Å². The number of ether oxygens (including phenoxy) is 4. The van der Waals surface area contributed by atoms with Crippen molar-refractivity contribution in [3.05, 3.63) is 0 Å². The topological polar surface area (TPSA) is 135 Å². The van der Waals surface area contributed by atoms with Crippen LogP contribution in [-0.2, 0) is 28.5 Å². The molecular weight excluding hydrogens is 638 g/mol. The highest BCUT2D eigenvalue weighted by molar-refractivity contribution is 5.77. The van der Waals surface area contributed by atoms with Gasteiger partial charge >= 0.3 is 11.9 Å². The fourth-order valence-electron chi connectivity index (χ4n) is 14.1. The molecule has 2 spiro atoms. The Morgan fingerprint density at radius 2 is 1.64 bits per heavy atom. The Bertz CT molecular complexity index is 1380. The Balaban J connectivity index is 1.11. The lowest BCUT2D eigenvalue weighted by atomic mass is 9.41. The summed E-state index contributed by atoms with van der Waals surface area (Å²) in [6.07, 6.45) is 5.65. The number of aliphatic carboxylic acids is 1. The fourth-order valence-corrected chi connectivity index (χ4v) is 14.1. The first-order valence-electron chi connectivity index (χ1n) is 19.6. The molecule has 284 valence electrons. The van der Waals surface area contributed by atoms with Gasteiger partial charge in [-0.15, -0.1) is 0 Å². The van der Waals surface area contributed by atoms with Gasteiger partial charge in [0, 0.05) is 18.9 Å². The van der Waals surface area contributed by atoms with Crippen LogP contribution in [0.1, 0.15) is 121 Å². The molecule has 5 saturated carbocycles. The van der Waals surface area contributed by atoms with E-state index in [1.54, 1.807) is 27.7 Å². The maximum atomic E-state index is 12.6. The molecule has 0 aromatic carbocycles. The van der Waals surface area contributed by atoms with Crippen molar-refractivity contribution in [3.8, 4) is 0 Å². The zero-order valence-corrected chi connectivity index (χ0v) is 32.3. The number of fused-ring (bicyclic) bond motifs is 4. The molecule has 14 atom stereocenters. The van der Waals surface area contributed by atoms with Gasteiger partial charge in [0.2, 0.25) is 0 Å². The normalized spacial score (nSPS) is 49.0. The number of rotatable bonds is 7. The van der Waals surface area contributed by atoms with Crippen LogP contribution < -0.4 is 0 Å². The van der Waals surface area contributed by atoms with E-state index in [0.29, 0.717) is 38.0 Å². The number of morpholine rings is 1. The zero-order chi connectivity index (χ0) is 36.6. The molecule has 0 unspecified atom stereocenters. The average molecular weight is 704 g/mol. The molecule has 7 fully saturated rings. The van der Waals surface area contributed by atoms with Gasteiger partial charge < -0.3 is 34.3 Å². The predicted octanol–water partition coefficient (Wildman–Crippen LogP) is 5.41. The van der Waals surface area contributed by atoms with E-state index in [4.69, 9.17) is 18.9 Å². The first-order valence-corrected chi connectivity index (χ1v) is 19.6. The van der Waals surface area contributed by atoms with Gasteiger partial charge in [0.15, 0.2) is 12.4 Å². The van der Waals surface area contributed by atoms with E-state index >= 15 is 0 Å². The molecule has 7 rings (SSSR count). The van der Waals surface area contributed by atoms with Gasteiger partial charge in [-0.3, -0.25) is 14.5 Å². The summed E-state index contributed by atoms with van der Waals surface area (Å²) < 4.78 is 25.4. The standard InChI is InChI=1S/C40H65NO9/c1-22-19-24(32(36(7,8)46)48-23(2)42)49-30-29(22)37(9)15-16-40-21-39(40)14-13-27(50-28-20-41(17-18-47-28)35(5,6)33(44)45)34(3,4)25(39)11-12-26(40)38(37,10)31(30)43/h22,24-32,43,46H,11-21H2,1-10H3,(H,44,45)/t22-,24-,25+,26+,27+,28+,29+,30+,31+,32+,37-,38-,39-,40+/m1/s1. The van der Waals surface area contributed by atoms with Gasteiger partial charge in [0.1, 0.15) is 5.54 Å². The van der Waals surface area contributed by atoms with Crippen LogP contribution in [0.5, 0.6) is 0 Å². The van der Waals surface area contributed by atoms with Crippen LogP contribution in [0.2, 0.25) is 0 Å². The molecule has 2 heterocycles. The second-order valence-corrected chi connectivity index (χ2v) is 20.0. The summed E-state index contributed by atoms with van der Waals surface area (Å²) in [5.41, 5.74) is -2.31. The largest absolute Gasteiger partial charge is 0.480 e. The highest BCUT2D eigenvalue weighted by atomic mass is 16.7. The summed E-state index contributed by atoms with van der Waals surface area (Å²) in [6.45, 7) is 21.6. The lowest BCUT2D eigenvalue weighted by Gasteiger charge is -2.64. The predicted molar refractivity (Wildman–Crippen MR) is 186 cm³/mol. The average Bonchev–Trinajstić information content (AvgIpc) is 3.65. The van der Waals surface area contributed by atoms with Crippen molar-refractivity contribution in [3.63, 3.8) is 0 Å². The van der Waals surface area contributed by atoms with Crippen molar-refractivity contribution in [2.45, 2.75) is 169 Å². The van der Waals surface area contributed by atoms with E-state index in [2.05, 4.69) is 34.6 Å². The molecule has 0 aromatic rings. The minimum atomic E-state index is -1.28. The lowest BCUT2D eigenvalue weighted by molar-refractivity contribution is -0.254. The van der Waals surface area contributed by atoms with E-state index in [-0.39, 0.29) is 51.1 Å². The van der Waals surface area contributed by atoms with E-state index in [9.17, 15) is 24.9 Å². The van der Waals surface area contributed by atoms with E-state index in [1.165, 1.54) is 19.8 Å². The SMILES string of the molecule is CC(=O)O[C@@H]([C@H]1C[C@@H](C)[C@H]2[C@H](O1)[C@H](O)[C@@]1(C)[C@@H]3CC[C@H]4C(C)(C)[C@@H](O[C@H]5CN(C(C)(C)C(=O)O)CCO5)CC[C@@]45C[C@@]35CC[C@]21C)C(C)(C)O. The second kappa shape index (κ2) is 11.6. The molecule has 3 N–H and O–H groups in total. The Morgan fingerprint density at radius 3 is 2.28 bits per heavy atom. The summed E-state index contributed by atoms with van der Waals surface area (Å²) in [5.74, 6) is 0.0461. The molecule has 10 heteroatoms. The molecule has 0 bridgehead atoms. The second-order valence-electron chi connectivity index (χ2n) is 20.0. The van der Waals surface area contributed by atoms with Crippen LogP contribution in [0.3, 0.4) is 0 Å². The highest BCUT2D eigenvalue weighted by Gasteiger charge is 2.84. The Hall–Kier alpha value is -1.30. The van der Waals surface area contributed by atoms with Crippen molar-refractivity contribution in [1.82, 2.24) is 4.90 Å².